The van der Waals surface area contributed by atoms with Crippen molar-refractivity contribution in [3.05, 3.63) is 89.5 Å². The van der Waals surface area contributed by atoms with Crippen molar-refractivity contribution in [2.75, 3.05) is 28.6 Å². The number of anilines is 3. The second-order valence-corrected chi connectivity index (χ2v) is 13.6. The highest BCUT2D eigenvalue weighted by Gasteiger charge is 2.26. The zero-order chi connectivity index (χ0) is 31.3. The first-order valence-corrected chi connectivity index (χ1v) is 15.9. The molecule has 2 heterocycles. The smallest absolute Gasteiger partial charge is 0.307 e. The lowest BCUT2D eigenvalue weighted by atomic mass is 9.87. The minimum Gasteiger partial charge on any atom is -0.307 e. The van der Waals surface area contributed by atoms with E-state index in [-0.39, 0.29) is 22.8 Å². The van der Waals surface area contributed by atoms with Gasteiger partial charge in [0.25, 0.3) is 11.9 Å². The van der Waals surface area contributed by atoms with Gasteiger partial charge in [0.2, 0.25) is 10.0 Å². The number of benzene rings is 3. The molecule has 44 heavy (non-hydrogen) atoms. The van der Waals surface area contributed by atoms with E-state index in [1.165, 1.54) is 10.4 Å². The number of H-pyrrole nitrogens is 1. The summed E-state index contributed by atoms with van der Waals surface area (Å²) in [4.78, 5) is 28.0. The standard InChI is InChI=1S/C31H36N8O4S/c1-31(2,3)24-14-16-26(17-15-24)39(21-22-10-12-23(13-11-22)28(40)33-29-34-36-37-35-29)30(41)32-25-8-7-9-27(20-25)44(42,43)38-18-5-4-6-19-38/h7-17,20H,4-6,18-19,21H2,1-3H3,(H,32,41)(H2,33,34,35,36,37,40). The SMILES string of the molecule is CC(C)(C)c1ccc(N(Cc2ccc(C(=O)Nc3nn[nH]n3)cc2)C(=O)Nc2cccc(S(=O)(=O)N3CCCCC3)c2)cc1. The predicted molar refractivity (Wildman–Crippen MR) is 168 cm³/mol. The van der Waals surface area contributed by atoms with Crippen molar-refractivity contribution >= 4 is 39.3 Å². The van der Waals surface area contributed by atoms with Crippen LogP contribution in [0.15, 0.2) is 77.7 Å². The fourth-order valence-electron chi connectivity index (χ4n) is 4.93. The highest BCUT2D eigenvalue weighted by molar-refractivity contribution is 7.89. The van der Waals surface area contributed by atoms with Gasteiger partial charge in [0.1, 0.15) is 0 Å². The Labute approximate surface area is 256 Å². The van der Waals surface area contributed by atoms with Crippen LogP contribution in [-0.4, -0.2) is 58.4 Å². The van der Waals surface area contributed by atoms with Gasteiger partial charge in [0, 0.05) is 30.0 Å². The highest BCUT2D eigenvalue weighted by atomic mass is 32.2. The van der Waals surface area contributed by atoms with Crippen LogP contribution in [-0.2, 0) is 22.0 Å². The third kappa shape index (κ3) is 7.29. The summed E-state index contributed by atoms with van der Waals surface area (Å²) < 4.78 is 28.0. The second-order valence-electron chi connectivity index (χ2n) is 11.7. The zero-order valence-electron chi connectivity index (χ0n) is 24.9. The largest absolute Gasteiger partial charge is 0.326 e. The van der Waals surface area contributed by atoms with E-state index >= 15 is 0 Å². The van der Waals surface area contributed by atoms with Crippen LogP contribution in [0.2, 0.25) is 0 Å². The third-order valence-electron chi connectivity index (χ3n) is 7.46. The first-order chi connectivity index (χ1) is 21.0. The monoisotopic (exact) mass is 616 g/mol. The fourth-order valence-corrected chi connectivity index (χ4v) is 6.50. The number of sulfonamides is 1. The molecule has 230 valence electrons. The molecule has 0 unspecified atom stereocenters. The highest BCUT2D eigenvalue weighted by Crippen LogP contribution is 2.27. The Hall–Kier alpha value is -4.62. The number of aromatic nitrogens is 4. The molecule has 3 N–H and O–H groups in total. The van der Waals surface area contributed by atoms with Crippen LogP contribution >= 0.6 is 0 Å². The fraction of sp³-hybridized carbons (Fsp3) is 0.323. The Kier molecular flexibility index (Phi) is 9.06. The number of nitrogens with one attached hydrogen (secondary N) is 3. The topological polar surface area (TPSA) is 153 Å². The summed E-state index contributed by atoms with van der Waals surface area (Å²) in [7, 11) is -3.67. The van der Waals surface area contributed by atoms with Crippen LogP contribution < -0.4 is 15.5 Å². The molecule has 0 atom stereocenters. The maximum Gasteiger partial charge on any atom is 0.326 e. The van der Waals surface area contributed by atoms with Crippen molar-refractivity contribution in [3.8, 4) is 0 Å². The number of rotatable bonds is 8. The molecular formula is C31H36N8O4S. The Morgan fingerprint density at radius 2 is 1.64 bits per heavy atom. The van der Waals surface area contributed by atoms with E-state index in [0.29, 0.717) is 30.0 Å². The molecule has 1 aliphatic rings. The average molecular weight is 617 g/mol. The van der Waals surface area contributed by atoms with Gasteiger partial charge in [0.05, 0.1) is 11.4 Å². The first-order valence-electron chi connectivity index (χ1n) is 14.4. The van der Waals surface area contributed by atoms with E-state index in [9.17, 15) is 18.0 Å². The van der Waals surface area contributed by atoms with Crippen molar-refractivity contribution in [3.63, 3.8) is 0 Å². The minimum absolute atomic E-state index is 0.0634. The van der Waals surface area contributed by atoms with Gasteiger partial charge in [-0.1, -0.05) is 62.6 Å². The lowest BCUT2D eigenvalue weighted by Crippen LogP contribution is -2.36. The molecule has 1 aromatic heterocycles. The maximum absolute atomic E-state index is 13.8. The molecule has 1 aliphatic heterocycles. The number of piperidine rings is 1. The van der Waals surface area contributed by atoms with Gasteiger partial charge in [-0.15, -0.1) is 5.10 Å². The lowest BCUT2D eigenvalue weighted by Gasteiger charge is -2.27. The number of amides is 3. The second kappa shape index (κ2) is 12.9. The summed E-state index contributed by atoms with van der Waals surface area (Å²) in [5.41, 5.74) is 3.25. The summed E-state index contributed by atoms with van der Waals surface area (Å²) in [6, 6.07) is 20.5. The summed E-state index contributed by atoms with van der Waals surface area (Å²) in [6.45, 7) is 7.54. The van der Waals surface area contributed by atoms with Crippen LogP contribution in [0.5, 0.6) is 0 Å². The van der Waals surface area contributed by atoms with Crippen molar-refractivity contribution in [2.24, 2.45) is 0 Å². The van der Waals surface area contributed by atoms with Crippen molar-refractivity contribution in [1.82, 2.24) is 24.9 Å². The quantitative estimate of drug-likeness (QED) is 0.247. The number of carbonyl (C=O) groups is 2. The van der Waals surface area contributed by atoms with E-state index in [4.69, 9.17) is 0 Å². The molecule has 0 radical (unpaired) electrons. The molecule has 5 rings (SSSR count). The number of hydrogen-bond donors (Lipinski definition) is 3. The van der Waals surface area contributed by atoms with Crippen LogP contribution in [0.1, 0.15) is 61.5 Å². The Morgan fingerprint density at radius 1 is 0.932 bits per heavy atom. The van der Waals surface area contributed by atoms with Crippen LogP contribution in [0.25, 0.3) is 0 Å². The van der Waals surface area contributed by atoms with Gasteiger partial charge in [-0.25, -0.2) is 13.2 Å². The third-order valence-corrected chi connectivity index (χ3v) is 9.35. The van der Waals surface area contributed by atoms with E-state index in [1.54, 1.807) is 47.4 Å². The molecule has 13 heteroatoms. The first kappa shape index (κ1) is 30.8. The molecule has 0 aliphatic carbocycles. The number of aromatic amines is 1. The lowest BCUT2D eigenvalue weighted by molar-refractivity contribution is 0.102. The van der Waals surface area contributed by atoms with E-state index in [0.717, 1.165) is 30.4 Å². The van der Waals surface area contributed by atoms with Gasteiger partial charge < -0.3 is 5.32 Å². The molecule has 0 spiro atoms. The Balaban J connectivity index is 1.37. The summed E-state index contributed by atoms with van der Waals surface area (Å²) in [5.74, 6) is -0.335. The van der Waals surface area contributed by atoms with Gasteiger partial charge in [0.15, 0.2) is 0 Å². The van der Waals surface area contributed by atoms with Crippen molar-refractivity contribution in [1.29, 1.82) is 0 Å². The van der Waals surface area contributed by atoms with E-state index in [2.05, 4.69) is 52.0 Å². The number of nitrogens with zero attached hydrogens (tertiary/aromatic N) is 5. The zero-order valence-corrected chi connectivity index (χ0v) is 25.8. The Bertz CT molecular complexity index is 1690. The summed E-state index contributed by atoms with van der Waals surface area (Å²) >= 11 is 0. The number of hydrogen-bond acceptors (Lipinski definition) is 7. The number of tetrazole rings is 1. The maximum atomic E-state index is 13.8. The predicted octanol–water partition coefficient (Wildman–Crippen LogP) is 5.16. The molecule has 4 aromatic rings. The van der Waals surface area contributed by atoms with Gasteiger partial charge >= 0.3 is 6.03 Å². The minimum atomic E-state index is -3.67. The summed E-state index contributed by atoms with van der Waals surface area (Å²) in [6.07, 6.45) is 2.69. The molecule has 3 aromatic carbocycles. The van der Waals surface area contributed by atoms with Crippen LogP contribution in [0.4, 0.5) is 22.1 Å². The van der Waals surface area contributed by atoms with Crippen molar-refractivity contribution in [2.45, 2.75) is 56.9 Å². The molecule has 1 saturated heterocycles. The van der Waals surface area contributed by atoms with Crippen LogP contribution in [0, 0.1) is 0 Å². The van der Waals surface area contributed by atoms with Gasteiger partial charge in [-0.05, 0) is 77.1 Å². The molecular weight excluding hydrogens is 580 g/mol. The van der Waals surface area contributed by atoms with Gasteiger partial charge in [-0.3, -0.25) is 15.0 Å². The van der Waals surface area contributed by atoms with Crippen LogP contribution in [0.3, 0.4) is 0 Å². The normalized spacial score (nSPS) is 14.2. The van der Waals surface area contributed by atoms with Gasteiger partial charge in [-0.2, -0.15) is 9.52 Å². The molecule has 3 amide bonds. The van der Waals surface area contributed by atoms with E-state index < -0.39 is 22.0 Å². The molecule has 12 nitrogen and oxygen atoms in total. The number of urea groups is 1. The molecule has 0 bridgehead atoms. The average Bonchev–Trinajstić information content (AvgIpc) is 3.53. The van der Waals surface area contributed by atoms with E-state index in [1.807, 2.05) is 24.3 Å². The molecule has 0 saturated carbocycles. The summed E-state index contributed by atoms with van der Waals surface area (Å²) in [5, 5.41) is 18.6. The van der Waals surface area contributed by atoms with Crippen molar-refractivity contribution < 1.29 is 18.0 Å². The molecule has 1 fully saturated rings. The number of carbonyl (C=O) groups excluding carboxylic acids is 2. The Morgan fingerprint density at radius 3 is 2.27 bits per heavy atom.